The highest BCUT2D eigenvalue weighted by Crippen LogP contribution is 2.19. The van der Waals surface area contributed by atoms with Crippen LogP contribution in [0.1, 0.15) is 24.6 Å². The van der Waals surface area contributed by atoms with Crippen molar-refractivity contribution in [1.29, 1.82) is 0 Å². The van der Waals surface area contributed by atoms with Crippen LogP contribution in [-0.4, -0.2) is 44.5 Å². The molecule has 1 aromatic carbocycles. The van der Waals surface area contributed by atoms with E-state index in [2.05, 4.69) is 15.5 Å². The number of piperidine rings is 1. The Hall–Kier alpha value is -3.16. The van der Waals surface area contributed by atoms with Crippen LogP contribution in [0.2, 0.25) is 0 Å². The highest BCUT2D eigenvalue weighted by atomic mass is 16.5. The Morgan fingerprint density at radius 1 is 1.21 bits per heavy atom. The van der Waals surface area contributed by atoms with Crippen molar-refractivity contribution in [3.8, 4) is 0 Å². The first-order chi connectivity index (χ1) is 13.6. The first-order valence-corrected chi connectivity index (χ1v) is 9.49. The lowest BCUT2D eigenvalue weighted by molar-refractivity contribution is -0.136. The second-order valence-electron chi connectivity index (χ2n) is 7.11. The quantitative estimate of drug-likeness (QED) is 0.728. The van der Waals surface area contributed by atoms with E-state index in [1.165, 1.54) is 0 Å². The van der Waals surface area contributed by atoms with E-state index in [9.17, 15) is 9.59 Å². The fraction of sp³-hybridized carbons (Fsp3) is 0.400. The Balaban J connectivity index is 1.27. The predicted octanol–water partition coefficient (Wildman–Crippen LogP) is 1.89. The summed E-state index contributed by atoms with van der Waals surface area (Å²) in [6.07, 6.45) is 3.27. The predicted molar refractivity (Wildman–Crippen MR) is 102 cm³/mol. The molecule has 146 valence electrons. The summed E-state index contributed by atoms with van der Waals surface area (Å²) >= 11 is 0. The molecule has 2 aromatic heterocycles. The number of nitrogens with one attached hydrogen (secondary N) is 1. The van der Waals surface area contributed by atoms with Gasteiger partial charge in [-0.25, -0.2) is 0 Å². The Kier molecular flexibility index (Phi) is 5.10. The minimum atomic E-state index is -0.0968. The van der Waals surface area contributed by atoms with E-state index in [1.807, 2.05) is 46.0 Å². The number of fused-ring (bicyclic) bond motifs is 1. The Morgan fingerprint density at radius 3 is 2.75 bits per heavy atom. The molecule has 3 heterocycles. The molecule has 0 saturated carbocycles. The normalized spacial score (nSPS) is 15.1. The highest BCUT2D eigenvalue weighted by molar-refractivity contribution is 5.83. The number of nitrogens with zero attached hydrogens (tertiary/aromatic N) is 4. The van der Waals surface area contributed by atoms with Gasteiger partial charge in [0, 0.05) is 30.7 Å². The fourth-order valence-electron chi connectivity index (χ4n) is 3.63. The zero-order chi connectivity index (χ0) is 19.5. The van der Waals surface area contributed by atoms with Crippen LogP contribution in [0.3, 0.4) is 0 Å². The minimum absolute atomic E-state index is 0.0284. The average molecular weight is 381 g/mol. The molecule has 1 saturated heterocycles. The van der Waals surface area contributed by atoms with E-state index in [0.29, 0.717) is 44.2 Å². The molecule has 0 atom stereocenters. The van der Waals surface area contributed by atoms with Crippen LogP contribution < -0.4 is 5.32 Å². The molecule has 1 aliphatic heterocycles. The summed E-state index contributed by atoms with van der Waals surface area (Å²) in [5.41, 5.74) is 1.06. The monoisotopic (exact) mass is 381 g/mol. The molecule has 1 fully saturated rings. The molecule has 0 unspecified atom stereocenters. The maximum Gasteiger partial charge on any atom is 0.246 e. The number of benzene rings is 1. The number of likely N-dealkylation sites (tertiary alicyclic amines) is 1. The lowest BCUT2D eigenvalue weighted by Crippen LogP contribution is -2.43. The second-order valence-corrected chi connectivity index (χ2v) is 7.11. The third-order valence-corrected chi connectivity index (χ3v) is 5.19. The largest absolute Gasteiger partial charge is 0.347 e. The molecular formula is C20H23N5O3. The molecule has 28 heavy (non-hydrogen) atoms. The van der Waals surface area contributed by atoms with Gasteiger partial charge in [0.2, 0.25) is 17.7 Å². The van der Waals surface area contributed by atoms with Gasteiger partial charge in [-0.3, -0.25) is 9.59 Å². The fourth-order valence-corrected chi connectivity index (χ4v) is 3.63. The topological polar surface area (TPSA) is 93.3 Å². The molecule has 4 rings (SSSR count). The average Bonchev–Trinajstić information content (AvgIpc) is 3.32. The zero-order valence-corrected chi connectivity index (χ0v) is 15.8. The summed E-state index contributed by atoms with van der Waals surface area (Å²) in [5, 5.41) is 7.67. The number of aryl methyl sites for hydroxylation is 1. The Labute approximate surface area is 162 Å². The molecule has 1 aliphatic rings. The molecule has 0 bridgehead atoms. The van der Waals surface area contributed by atoms with Gasteiger partial charge in [-0.05, 0) is 37.3 Å². The molecule has 8 heteroatoms. The van der Waals surface area contributed by atoms with Gasteiger partial charge in [-0.1, -0.05) is 23.4 Å². The third kappa shape index (κ3) is 3.90. The second kappa shape index (κ2) is 7.84. The first kappa shape index (κ1) is 18.2. The summed E-state index contributed by atoms with van der Waals surface area (Å²) in [5.74, 6) is 0.908. The number of hydrogen-bond acceptors (Lipinski definition) is 5. The molecule has 0 spiro atoms. The number of carbonyl (C=O) groups is 2. The van der Waals surface area contributed by atoms with Gasteiger partial charge in [0.05, 0.1) is 6.54 Å². The van der Waals surface area contributed by atoms with Crippen molar-refractivity contribution in [2.24, 2.45) is 5.92 Å². The van der Waals surface area contributed by atoms with Crippen molar-refractivity contribution in [3.05, 3.63) is 48.2 Å². The van der Waals surface area contributed by atoms with Crippen LogP contribution in [0.5, 0.6) is 0 Å². The van der Waals surface area contributed by atoms with E-state index in [-0.39, 0.29) is 24.3 Å². The van der Waals surface area contributed by atoms with Crippen LogP contribution in [-0.2, 0) is 22.7 Å². The van der Waals surface area contributed by atoms with Crippen molar-refractivity contribution >= 4 is 22.7 Å². The van der Waals surface area contributed by atoms with Gasteiger partial charge in [-0.15, -0.1) is 0 Å². The van der Waals surface area contributed by atoms with Crippen molar-refractivity contribution in [2.75, 3.05) is 13.1 Å². The van der Waals surface area contributed by atoms with Gasteiger partial charge in [0.15, 0.2) is 5.82 Å². The third-order valence-electron chi connectivity index (χ3n) is 5.19. The first-order valence-electron chi connectivity index (χ1n) is 9.49. The molecule has 0 radical (unpaired) electrons. The number of aromatic nitrogens is 3. The van der Waals surface area contributed by atoms with Gasteiger partial charge in [0.1, 0.15) is 6.54 Å². The summed E-state index contributed by atoms with van der Waals surface area (Å²) in [6.45, 7) is 3.48. The molecular weight excluding hydrogens is 358 g/mol. The number of carbonyl (C=O) groups excluding carboxylic acids is 2. The maximum atomic E-state index is 12.7. The molecule has 0 aliphatic carbocycles. The van der Waals surface area contributed by atoms with Gasteiger partial charge < -0.3 is 19.3 Å². The zero-order valence-electron chi connectivity index (χ0n) is 15.8. The minimum Gasteiger partial charge on any atom is -0.347 e. The standard InChI is InChI=1S/C20H23N5O3/c1-14-22-18(28-23-14)12-21-20(27)16-7-9-24(10-8-16)19(26)13-25-11-6-15-4-2-3-5-17(15)25/h2-6,11,16H,7-10,12-13H2,1H3,(H,21,27). The van der Waals surface area contributed by atoms with E-state index in [1.54, 1.807) is 6.92 Å². The Morgan fingerprint density at radius 2 is 2.00 bits per heavy atom. The highest BCUT2D eigenvalue weighted by Gasteiger charge is 2.27. The van der Waals surface area contributed by atoms with Crippen LogP contribution in [0.25, 0.3) is 10.9 Å². The van der Waals surface area contributed by atoms with E-state index < -0.39 is 0 Å². The summed E-state index contributed by atoms with van der Waals surface area (Å²) in [4.78, 5) is 30.9. The van der Waals surface area contributed by atoms with E-state index in [0.717, 1.165) is 10.9 Å². The summed E-state index contributed by atoms with van der Waals surface area (Å²) < 4.78 is 6.97. The van der Waals surface area contributed by atoms with Gasteiger partial charge in [0.25, 0.3) is 0 Å². The smallest absolute Gasteiger partial charge is 0.246 e. The van der Waals surface area contributed by atoms with Crippen LogP contribution >= 0.6 is 0 Å². The van der Waals surface area contributed by atoms with Crippen molar-refractivity contribution < 1.29 is 14.1 Å². The van der Waals surface area contributed by atoms with Crippen LogP contribution in [0.4, 0.5) is 0 Å². The van der Waals surface area contributed by atoms with Crippen LogP contribution in [0.15, 0.2) is 41.1 Å². The Bertz CT molecular complexity index is 985. The van der Waals surface area contributed by atoms with Gasteiger partial charge >= 0.3 is 0 Å². The van der Waals surface area contributed by atoms with Crippen molar-refractivity contribution in [3.63, 3.8) is 0 Å². The number of hydrogen-bond donors (Lipinski definition) is 1. The molecule has 3 aromatic rings. The molecule has 1 N–H and O–H groups in total. The summed E-state index contributed by atoms with van der Waals surface area (Å²) in [6, 6.07) is 10.0. The number of para-hydroxylation sites is 1. The maximum absolute atomic E-state index is 12.7. The lowest BCUT2D eigenvalue weighted by atomic mass is 9.96. The lowest BCUT2D eigenvalue weighted by Gasteiger charge is -2.31. The van der Waals surface area contributed by atoms with E-state index in [4.69, 9.17) is 4.52 Å². The van der Waals surface area contributed by atoms with Crippen molar-refractivity contribution in [2.45, 2.75) is 32.9 Å². The SMILES string of the molecule is Cc1noc(CNC(=O)C2CCN(C(=O)Cn3ccc4ccccc43)CC2)n1. The van der Waals surface area contributed by atoms with Crippen LogP contribution in [0, 0.1) is 12.8 Å². The van der Waals surface area contributed by atoms with Crippen molar-refractivity contribution in [1.82, 2.24) is 24.9 Å². The number of amides is 2. The molecule has 8 nitrogen and oxygen atoms in total. The van der Waals surface area contributed by atoms with Gasteiger partial charge in [-0.2, -0.15) is 4.98 Å². The summed E-state index contributed by atoms with van der Waals surface area (Å²) in [7, 11) is 0. The molecule has 2 amide bonds. The van der Waals surface area contributed by atoms with E-state index >= 15 is 0 Å². The number of rotatable bonds is 5.